The Hall–Kier alpha value is -3.17. The minimum atomic E-state index is -0.759. The average molecular weight is 435 g/mol. The lowest BCUT2D eigenvalue weighted by atomic mass is 9.95. The second kappa shape index (κ2) is 10.2. The van der Waals surface area contributed by atoms with Crippen molar-refractivity contribution in [1.29, 1.82) is 0 Å². The molecule has 0 saturated heterocycles. The molecule has 0 radical (unpaired) electrons. The van der Waals surface area contributed by atoms with Crippen LogP contribution in [0.25, 0.3) is 25.9 Å². The van der Waals surface area contributed by atoms with E-state index in [0.29, 0.717) is 17.9 Å². The third-order valence-electron chi connectivity index (χ3n) is 4.92. The zero-order valence-corrected chi connectivity index (χ0v) is 18.8. The summed E-state index contributed by atoms with van der Waals surface area (Å²) in [5.74, 6) is -0.169. The molecular weight excluding hydrogens is 408 g/mol. The third-order valence-corrected chi connectivity index (χ3v) is 6.00. The summed E-state index contributed by atoms with van der Waals surface area (Å²) < 4.78 is 5.72. The summed E-state index contributed by atoms with van der Waals surface area (Å²) >= 11 is 1.60. The minimum absolute atomic E-state index is 0.00746. The van der Waals surface area contributed by atoms with Crippen molar-refractivity contribution in [3.63, 3.8) is 0 Å². The fraction of sp³-hybridized carbons (Fsp3) is 0.320. The van der Waals surface area contributed by atoms with Gasteiger partial charge in [0.15, 0.2) is 0 Å². The highest BCUT2D eigenvalue weighted by Crippen LogP contribution is 2.38. The summed E-state index contributed by atoms with van der Waals surface area (Å²) in [7, 11) is 0. The third kappa shape index (κ3) is 5.50. The molecule has 2 aromatic carbocycles. The molecule has 3 rings (SSSR count). The van der Waals surface area contributed by atoms with Crippen molar-refractivity contribution in [2.24, 2.45) is 0 Å². The van der Waals surface area contributed by atoms with E-state index < -0.39 is 5.97 Å². The number of carboxylic acids is 1. The summed E-state index contributed by atoms with van der Waals surface area (Å²) in [6, 6.07) is 11.8. The van der Waals surface area contributed by atoms with Crippen LogP contribution in [0.4, 0.5) is 5.69 Å². The van der Waals surface area contributed by atoms with Crippen LogP contribution >= 0.6 is 11.3 Å². The van der Waals surface area contributed by atoms with Gasteiger partial charge in [0.2, 0.25) is 5.69 Å². The van der Waals surface area contributed by atoms with Crippen LogP contribution in [0.15, 0.2) is 42.6 Å². The molecule has 0 spiro atoms. The van der Waals surface area contributed by atoms with Gasteiger partial charge in [-0.15, -0.1) is 11.3 Å². The van der Waals surface area contributed by atoms with Gasteiger partial charge >= 0.3 is 5.97 Å². The van der Waals surface area contributed by atoms with E-state index in [1.807, 2.05) is 44.3 Å². The number of carboxylic acid groups (broad SMARTS) is 1. The SMILES string of the molecule is [C-]#[N+]c1cc(-c2ncc(-c3cccc(CCCC(=O)O)c3CC)s2)ccc1OC(C)C. The largest absolute Gasteiger partial charge is 0.502 e. The summed E-state index contributed by atoms with van der Waals surface area (Å²) in [5.41, 5.74) is 4.96. The van der Waals surface area contributed by atoms with E-state index in [-0.39, 0.29) is 12.5 Å². The van der Waals surface area contributed by atoms with E-state index in [0.717, 1.165) is 33.9 Å². The predicted octanol–water partition coefficient (Wildman–Crippen LogP) is 6.78. The Bertz CT molecular complexity index is 1110. The molecule has 160 valence electrons. The zero-order valence-electron chi connectivity index (χ0n) is 18.0. The van der Waals surface area contributed by atoms with Crippen molar-refractivity contribution in [3.8, 4) is 26.8 Å². The molecule has 0 saturated carbocycles. The van der Waals surface area contributed by atoms with Gasteiger partial charge < -0.3 is 9.84 Å². The predicted molar refractivity (Wildman–Crippen MR) is 125 cm³/mol. The molecule has 1 aromatic heterocycles. The molecule has 0 bridgehead atoms. The van der Waals surface area contributed by atoms with E-state index in [1.54, 1.807) is 11.3 Å². The monoisotopic (exact) mass is 434 g/mol. The maximum atomic E-state index is 10.9. The summed E-state index contributed by atoms with van der Waals surface area (Å²) in [5, 5.41) is 9.78. The van der Waals surface area contributed by atoms with Crippen molar-refractivity contribution in [1.82, 2.24) is 4.98 Å². The Morgan fingerprint density at radius 3 is 2.77 bits per heavy atom. The van der Waals surface area contributed by atoms with Crippen LogP contribution in [0.5, 0.6) is 5.75 Å². The fourth-order valence-corrected chi connectivity index (χ4v) is 4.54. The average Bonchev–Trinajstić information content (AvgIpc) is 3.23. The number of hydrogen-bond acceptors (Lipinski definition) is 4. The van der Waals surface area contributed by atoms with Gasteiger partial charge in [-0.05, 0) is 61.9 Å². The van der Waals surface area contributed by atoms with Gasteiger partial charge in [-0.3, -0.25) is 4.79 Å². The summed E-state index contributed by atoms with van der Waals surface area (Å²) in [6.45, 7) is 13.5. The van der Waals surface area contributed by atoms with Crippen LogP contribution in [-0.2, 0) is 17.6 Å². The van der Waals surface area contributed by atoms with E-state index >= 15 is 0 Å². The van der Waals surface area contributed by atoms with Crippen LogP contribution in [0.2, 0.25) is 0 Å². The molecule has 0 aliphatic carbocycles. The number of nitrogens with zero attached hydrogens (tertiary/aromatic N) is 2. The number of carbonyl (C=O) groups is 1. The number of rotatable bonds is 9. The van der Waals surface area contributed by atoms with Gasteiger partial charge in [0, 0.05) is 18.2 Å². The maximum absolute atomic E-state index is 10.9. The van der Waals surface area contributed by atoms with Gasteiger partial charge in [-0.25, -0.2) is 9.83 Å². The highest BCUT2D eigenvalue weighted by Gasteiger charge is 2.14. The zero-order chi connectivity index (χ0) is 22.4. The first kappa shape index (κ1) is 22.5. The molecule has 31 heavy (non-hydrogen) atoms. The van der Waals surface area contributed by atoms with E-state index in [4.69, 9.17) is 16.4 Å². The highest BCUT2D eigenvalue weighted by molar-refractivity contribution is 7.18. The Balaban J connectivity index is 1.90. The van der Waals surface area contributed by atoms with Crippen molar-refractivity contribution in [3.05, 3.63) is 65.1 Å². The van der Waals surface area contributed by atoms with Crippen LogP contribution in [0, 0.1) is 6.57 Å². The quantitative estimate of drug-likeness (QED) is 0.377. The molecule has 0 atom stereocenters. The Kier molecular flexibility index (Phi) is 7.43. The van der Waals surface area contributed by atoms with Crippen molar-refractivity contribution in [2.75, 3.05) is 0 Å². The van der Waals surface area contributed by atoms with E-state index in [9.17, 15) is 4.79 Å². The minimum Gasteiger partial charge on any atom is -0.502 e. The number of hydrogen-bond donors (Lipinski definition) is 1. The standard InChI is InChI=1S/C25H26N2O3S/c1-5-19-17(9-7-11-24(28)29)8-6-10-20(19)23-15-27-25(31-23)18-12-13-22(30-16(2)3)21(14-18)26-4/h6,8,10,12-16H,5,7,9,11H2,1-3H3,(H,28,29). The van der Waals surface area contributed by atoms with Crippen LogP contribution in [-0.4, -0.2) is 22.2 Å². The van der Waals surface area contributed by atoms with E-state index in [1.165, 1.54) is 11.1 Å². The van der Waals surface area contributed by atoms with Gasteiger partial charge in [0.1, 0.15) is 10.8 Å². The molecular formula is C25H26N2O3S. The normalized spacial score (nSPS) is 10.8. The van der Waals surface area contributed by atoms with Crippen LogP contribution in [0.3, 0.4) is 0 Å². The smallest absolute Gasteiger partial charge is 0.303 e. The molecule has 1 heterocycles. The second-order valence-corrected chi connectivity index (χ2v) is 8.57. The Labute approximate surface area is 187 Å². The first-order valence-electron chi connectivity index (χ1n) is 10.4. The van der Waals surface area contributed by atoms with Gasteiger partial charge in [0.25, 0.3) is 0 Å². The van der Waals surface area contributed by atoms with Crippen LogP contribution < -0.4 is 4.74 Å². The maximum Gasteiger partial charge on any atom is 0.303 e. The van der Waals surface area contributed by atoms with Crippen molar-refractivity contribution in [2.45, 2.75) is 52.6 Å². The summed E-state index contributed by atoms with van der Waals surface area (Å²) in [6.07, 6.45) is 4.32. The molecule has 1 N–H and O–H groups in total. The first-order chi connectivity index (χ1) is 14.9. The number of aromatic nitrogens is 1. The molecule has 0 amide bonds. The number of ether oxygens (including phenoxy) is 1. The molecule has 0 fully saturated rings. The fourth-order valence-electron chi connectivity index (χ4n) is 3.57. The first-order valence-corrected chi connectivity index (χ1v) is 11.2. The lowest BCUT2D eigenvalue weighted by Crippen LogP contribution is -2.05. The number of benzene rings is 2. The molecule has 6 heteroatoms. The van der Waals surface area contributed by atoms with Gasteiger partial charge in [-0.2, -0.15) is 0 Å². The lowest BCUT2D eigenvalue weighted by molar-refractivity contribution is -0.137. The van der Waals surface area contributed by atoms with Gasteiger partial charge in [0.05, 0.1) is 17.6 Å². The summed E-state index contributed by atoms with van der Waals surface area (Å²) in [4.78, 5) is 20.2. The number of thiazole rings is 1. The van der Waals surface area contributed by atoms with E-state index in [2.05, 4.69) is 28.9 Å². The van der Waals surface area contributed by atoms with Crippen LogP contribution in [0.1, 0.15) is 44.7 Å². The van der Waals surface area contributed by atoms with Crippen molar-refractivity contribution < 1.29 is 14.6 Å². The topological polar surface area (TPSA) is 63.8 Å². The second-order valence-electron chi connectivity index (χ2n) is 7.53. The molecule has 0 unspecified atom stereocenters. The lowest BCUT2D eigenvalue weighted by Gasteiger charge is -2.12. The number of aliphatic carboxylic acids is 1. The molecule has 3 aromatic rings. The Morgan fingerprint density at radius 1 is 1.29 bits per heavy atom. The van der Waals surface area contributed by atoms with Gasteiger partial charge in [-0.1, -0.05) is 31.2 Å². The number of aryl methyl sites for hydroxylation is 1. The Morgan fingerprint density at radius 2 is 2.10 bits per heavy atom. The molecule has 5 nitrogen and oxygen atoms in total. The highest BCUT2D eigenvalue weighted by atomic mass is 32.1. The van der Waals surface area contributed by atoms with Crippen molar-refractivity contribution >= 4 is 23.0 Å². The molecule has 0 aliphatic heterocycles. The molecule has 0 aliphatic rings.